The van der Waals surface area contributed by atoms with Gasteiger partial charge in [0.15, 0.2) is 0 Å². The first-order chi connectivity index (χ1) is 15.1. The third kappa shape index (κ3) is 5.60. The second kappa shape index (κ2) is 9.90. The van der Waals surface area contributed by atoms with E-state index in [0.717, 1.165) is 55.3 Å². The monoisotopic (exact) mass is 418 g/mol. The van der Waals surface area contributed by atoms with Gasteiger partial charge in [-0.15, -0.1) is 0 Å². The van der Waals surface area contributed by atoms with Crippen molar-refractivity contribution in [3.05, 3.63) is 88.8 Å². The Morgan fingerprint density at radius 3 is 2.32 bits per heavy atom. The fourth-order valence-corrected chi connectivity index (χ4v) is 4.01. The van der Waals surface area contributed by atoms with Crippen LogP contribution in [0.15, 0.2) is 65.2 Å². The van der Waals surface area contributed by atoms with Crippen LogP contribution in [0.5, 0.6) is 0 Å². The number of aromatic nitrogens is 1. The number of rotatable bonds is 7. The van der Waals surface area contributed by atoms with E-state index >= 15 is 0 Å². The molecule has 1 aliphatic rings. The molecule has 1 amide bonds. The fourth-order valence-electron chi connectivity index (χ4n) is 4.01. The average molecular weight is 419 g/mol. The number of nitrogens with zero attached hydrogens (tertiary/aromatic N) is 3. The number of carbonyl (C=O) groups excluding carboxylic acids is 1. The van der Waals surface area contributed by atoms with Crippen LogP contribution in [0.4, 0.5) is 0 Å². The predicted molar refractivity (Wildman–Crippen MR) is 121 cm³/mol. The molecule has 1 aliphatic heterocycles. The van der Waals surface area contributed by atoms with E-state index in [0.29, 0.717) is 6.54 Å². The number of amides is 1. The standard InChI is InChI=1S/C25H30N4O2/c1-19-8-10-22(11-9-19)25(21-6-4-3-5-7-21)26-17-24(30)29-14-12-28(13-15-29)18-23-16-20(2)31-27-23/h3-11,16,25-26H,12-15,17-18H2,1-2H3/t25-/m0/s1. The van der Waals surface area contributed by atoms with Crippen molar-refractivity contribution >= 4 is 5.91 Å². The van der Waals surface area contributed by atoms with Crippen molar-refractivity contribution < 1.29 is 9.32 Å². The highest BCUT2D eigenvalue weighted by molar-refractivity contribution is 5.78. The molecule has 0 aliphatic carbocycles. The molecule has 0 unspecified atom stereocenters. The van der Waals surface area contributed by atoms with Crippen LogP contribution in [-0.2, 0) is 11.3 Å². The molecule has 6 nitrogen and oxygen atoms in total. The molecular weight excluding hydrogens is 388 g/mol. The third-order valence-corrected chi connectivity index (χ3v) is 5.79. The Bertz CT molecular complexity index is 976. The van der Waals surface area contributed by atoms with Crippen molar-refractivity contribution in [2.45, 2.75) is 26.4 Å². The SMILES string of the molecule is Cc1ccc([C@@H](NCC(=O)N2CCN(Cc3cc(C)on3)CC2)c2ccccc2)cc1. The minimum atomic E-state index is -0.0116. The summed E-state index contributed by atoms with van der Waals surface area (Å²) in [6.07, 6.45) is 0. The Morgan fingerprint density at radius 2 is 1.68 bits per heavy atom. The Morgan fingerprint density at radius 1 is 1.00 bits per heavy atom. The first-order valence-corrected chi connectivity index (χ1v) is 10.9. The van der Waals surface area contributed by atoms with E-state index in [1.807, 2.05) is 36.1 Å². The molecule has 2 heterocycles. The lowest BCUT2D eigenvalue weighted by molar-refractivity contribution is -0.132. The molecule has 3 aromatic rings. The maximum absolute atomic E-state index is 12.9. The summed E-state index contributed by atoms with van der Waals surface area (Å²) in [5, 5.41) is 7.56. The molecule has 0 radical (unpaired) electrons. The highest BCUT2D eigenvalue weighted by Crippen LogP contribution is 2.22. The summed E-state index contributed by atoms with van der Waals surface area (Å²) in [7, 11) is 0. The number of aryl methyl sites for hydroxylation is 2. The fraction of sp³-hybridized carbons (Fsp3) is 0.360. The van der Waals surface area contributed by atoms with Gasteiger partial charge in [0.25, 0.3) is 0 Å². The van der Waals surface area contributed by atoms with E-state index in [2.05, 4.69) is 58.7 Å². The number of benzene rings is 2. The number of nitrogens with one attached hydrogen (secondary N) is 1. The lowest BCUT2D eigenvalue weighted by atomic mass is 9.98. The van der Waals surface area contributed by atoms with E-state index in [1.165, 1.54) is 5.56 Å². The molecule has 0 saturated carbocycles. The number of hydrogen-bond donors (Lipinski definition) is 1. The van der Waals surface area contributed by atoms with Gasteiger partial charge in [-0.3, -0.25) is 15.0 Å². The van der Waals surface area contributed by atoms with Crippen LogP contribution in [0.3, 0.4) is 0 Å². The van der Waals surface area contributed by atoms with Crippen molar-refractivity contribution in [3.63, 3.8) is 0 Å². The lowest BCUT2D eigenvalue weighted by Crippen LogP contribution is -2.50. The number of hydrogen-bond acceptors (Lipinski definition) is 5. The largest absolute Gasteiger partial charge is 0.361 e. The van der Waals surface area contributed by atoms with E-state index in [4.69, 9.17) is 4.52 Å². The van der Waals surface area contributed by atoms with Crippen LogP contribution in [0, 0.1) is 13.8 Å². The summed E-state index contributed by atoms with van der Waals surface area (Å²) < 4.78 is 5.15. The number of carbonyl (C=O) groups is 1. The molecular formula is C25H30N4O2. The smallest absolute Gasteiger partial charge is 0.236 e. The zero-order valence-corrected chi connectivity index (χ0v) is 18.3. The molecule has 162 valence electrons. The van der Waals surface area contributed by atoms with Gasteiger partial charge in [0, 0.05) is 38.8 Å². The zero-order valence-electron chi connectivity index (χ0n) is 18.3. The van der Waals surface area contributed by atoms with Gasteiger partial charge < -0.3 is 9.42 Å². The van der Waals surface area contributed by atoms with Crippen LogP contribution >= 0.6 is 0 Å². The predicted octanol–water partition coefficient (Wildman–Crippen LogP) is 3.31. The molecule has 0 bridgehead atoms. The zero-order chi connectivity index (χ0) is 21.6. The highest BCUT2D eigenvalue weighted by atomic mass is 16.5. The van der Waals surface area contributed by atoms with Gasteiger partial charge in [-0.05, 0) is 25.0 Å². The molecule has 31 heavy (non-hydrogen) atoms. The second-order valence-corrected chi connectivity index (χ2v) is 8.22. The Balaban J connectivity index is 1.33. The molecule has 1 atom stereocenters. The van der Waals surface area contributed by atoms with Crippen molar-refractivity contribution in [2.75, 3.05) is 32.7 Å². The van der Waals surface area contributed by atoms with E-state index in [-0.39, 0.29) is 11.9 Å². The van der Waals surface area contributed by atoms with Crippen LogP contribution in [-0.4, -0.2) is 53.6 Å². The van der Waals surface area contributed by atoms with Crippen molar-refractivity contribution in [1.29, 1.82) is 0 Å². The van der Waals surface area contributed by atoms with Crippen LogP contribution in [0.25, 0.3) is 0 Å². The molecule has 1 saturated heterocycles. The molecule has 4 rings (SSSR count). The summed E-state index contributed by atoms with van der Waals surface area (Å²) in [5.41, 5.74) is 4.50. The summed E-state index contributed by atoms with van der Waals surface area (Å²) in [5.74, 6) is 0.974. The first-order valence-electron chi connectivity index (χ1n) is 10.9. The van der Waals surface area contributed by atoms with Gasteiger partial charge in [0.1, 0.15) is 5.76 Å². The van der Waals surface area contributed by atoms with Crippen LogP contribution in [0.1, 0.15) is 34.2 Å². The third-order valence-electron chi connectivity index (χ3n) is 5.79. The van der Waals surface area contributed by atoms with Gasteiger partial charge in [0.2, 0.25) is 5.91 Å². The molecule has 0 spiro atoms. The summed E-state index contributed by atoms with van der Waals surface area (Å²) in [4.78, 5) is 17.2. The average Bonchev–Trinajstić information content (AvgIpc) is 3.20. The Hall–Kier alpha value is -2.96. The topological polar surface area (TPSA) is 61.6 Å². The van der Waals surface area contributed by atoms with Crippen LogP contribution in [0.2, 0.25) is 0 Å². The summed E-state index contributed by atoms with van der Waals surface area (Å²) in [6.45, 7) is 8.23. The molecule has 1 fully saturated rings. The van der Waals surface area contributed by atoms with Crippen LogP contribution < -0.4 is 5.32 Å². The van der Waals surface area contributed by atoms with Crippen molar-refractivity contribution in [3.8, 4) is 0 Å². The Labute approximate surface area is 183 Å². The lowest BCUT2D eigenvalue weighted by Gasteiger charge is -2.34. The molecule has 2 aromatic carbocycles. The summed E-state index contributed by atoms with van der Waals surface area (Å²) in [6, 6.07) is 20.8. The van der Waals surface area contributed by atoms with Gasteiger partial charge in [-0.25, -0.2) is 0 Å². The van der Waals surface area contributed by atoms with Gasteiger partial charge in [-0.2, -0.15) is 0 Å². The van der Waals surface area contributed by atoms with E-state index in [9.17, 15) is 4.79 Å². The van der Waals surface area contributed by atoms with Gasteiger partial charge in [-0.1, -0.05) is 65.3 Å². The van der Waals surface area contributed by atoms with Crippen molar-refractivity contribution in [2.24, 2.45) is 0 Å². The minimum absolute atomic E-state index is 0.0116. The molecule has 6 heteroatoms. The molecule has 1 aromatic heterocycles. The minimum Gasteiger partial charge on any atom is -0.361 e. The quantitative estimate of drug-likeness (QED) is 0.638. The van der Waals surface area contributed by atoms with Gasteiger partial charge >= 0.3 is 0 Å². The van der Waals surface area contributed by atoms with Gasteiger partial charge in [0.05, 0.1) is 18.3 Å². The van der Waals surface area contributed by atoms with E-state index < -0.39 is 0 Å². The normalized spacial score (nSPS) is 15.7. The molecule has 1 N–H and O–H groups in total. The maximum atomic E-state index is 12.9. The van der Waals surface area contributed by atoms with E-state index in [1.54, 1.807) is 0 Å². The van der Waals surface area contributed by atoms with Crippen molar-refractivity contribution in [1.82, 2.24) is 20.3 Å². The maximum Gasteiger partial charge on any atom is 0.236 e. The first kappa shape index (κ1) is 21.3. The number of piperazine rings is 1. The summed E-state index contributed by atoms with van der Waals surface area (Å²) >= 11 is 0. The highest BCUT2D eigenvalue weighted by Gasteiger charge is 2.23. The Kier molecular flexibility index (Phi) is 6.79. The second-order valence-electron chi connectivity index (χ2n) is 8.22.